The smallest absolute Gasteiger partial charge is 0.412 e. The van der Waals surface area contributed by atoms with Gasteiger partial charge < -0.3 is 10.0 Å². The third-order valence-electron chi connectivity index (χ3n) is 4.31. The van der Waals surface area contributed by atoms with E-state index in [0.29, 0.717) is 13.0 Å². The van der Waals surface area contributed by atoms with E-state index in [1.54, 1.807) is 24.3 Å². The Kier molecular flexibility index (Phi) is 3.92. The van der Waals surface area contributed by atoms with Crippen LogP contribution >= 0.6 is 0 Å². The summed E-state index contributed by atoms with van der Waals surface area (Å²) in [6, 6.07) is 5.02. The monoisotopic (exact) mass is 323 g/mol. The van der Waals surface area contributed by atoms with Crippen molar-refractivity contribution in [1.82, 2.24) is 0 Å². The zero-order valence-electron chi connectivity index (χ0n) is 12.4. The Morgan fingerprint density at radius 3 is 2.57 bits per heavy atom. The zero-order valence-corrected chi connectivity index (χ0v) is 12.4. The number of carbonyl (C=O) groups is 1. The maximum Gasteiger partial charge on any atom is 0.412 e. The van der Waals surface area contributed by atoms with Crippen LogP contribution in [0.4, 0.5) is 18.9 Å². The highest BCUT2D eigenvalue weighted by atomic mass is 19.4. The van der Waals surface area contributed by atoms with Crippen LogP contribution in [0.1, 0.15) is 28.8 Å². The number of carboxylic acids is 1. The summed E-state index contributed by atoms with van der Waals surface area (Å²) in [5.41, 5.74) is 2.71. The van der Waals surface area contributed by atoms with Gasteiger partial charge in [0.1, 0.15) is 0 Å². The van der Waals surface area contributed by atoms with Crippen molar-refractivity contribution in [3.8, 4) is 0 Å². The van der Waals surface area contributed by atoms with Crippen LogP contribution in [0.3, 0.4) is 0 Å². The first-order chi connectivity index (χ1) is 10.8. The van der Waals surface area contributed by atoms with Gasteiger partial charge in [-0.1, -0.05) is 17.7 Å². The van der Waals surface area contributed by atoms with Gasteiger partial charge >= 0.3 is 12.1 Å². The summed E-state index contributed by atoms with van der Waals surface area (Å²) < 4.78 is 37.9. The summed E-state index contributed by atoms with van der Waals surface area (Å²) in [5, 5.41) is 9.01. The molecule has 1 heterocycles. The molecule has 0 atom stereocenters. The number of hydrogen-bond donors (Lipinski definition) is 1. The summed E-state index contributed by atoms with van der Waals surface area (Å²) in [6.07, 6.45) is -0.319. The lowest BCUT2D eigenvalue weighted by Crippen LogP contribution is -2.24. The van der Waals surface area contributed by atoms with Gasteiger partial charge in [0.15, 0.2) is 0 Å². The average molecular weight is 323 g/mol. The van der Waals surface area contributed by atoms with Crippen molar-refractivity contribution in [2.24, 2.45) is 0 Å². The minimum atomic E-state index is -4.24. The number of halogens is 3. The summed E-state index contributed by atoms with van der Waals surface area (Å²) in [7, 11) is 0. The van der Waals surface area contributed by atoms with Crippen LogP contribution in [0, 0.1) is 0 Å². The molecule has 1 aliphatic heterocycles. The van der Waals surface area contributed by atoms with E-state index in [4.69, 9.17) is 5.11 Å². The minimum absolute atomic E-state index is 0.0218. The van der Waals surface area contributed by atoms with Crippen molar-refractivity contribution in [2.75, 3.05) is 18.0 Å². The lowest BCUT2D eigenvalue weighted by molar-refractivity contribution is -0.0941. The van der Waals surface area contributed by atoms with Crippen LogP contribution in [0.15, 0.2) is 41.5 Å². The highest BCUT2D eigenvalue weighted by Gasteiger charge is 2.34. The van der Waals surface area contributed by atoms with Crippen LogP contribution < -0.4 is 4.90 Å². The first kappa shape index (κ1) is 15.6. The van der Waals surface area contributed by atoms with E-state index in [-0.39, 0.29) is 12.0 Å². The second-order valence-electron chi connectivity index (χ2n) is 5.83. The van der Waals surface area contributed by atoms with Crippen molar-refractivity contribution in [2.45, 2.75) is 25.4 Å². The number of rotatable bonds is 3. The molecule has 1 aromatic rings. The van der Waals surface area contributed by atoms with Crippen LogP contribution in [-0.4, -0.2) is 30.3 Å². The lowest BCUT2D eigenvalue weighted by atomic mass is 9.97. The molecule has 0 aromatic heterocycles. The fourth-order valence-corrected chi connectivity index (χ4v) is 3.06. The SMILES string of the molecule is O=C(O)c1ccc2c(c1)CCN2CC1=CC=C(C(F)(F)F)CC1. The van der Waals surface area contributed by atoms with Gasteiger partial charge in [-0.25, -0.2) is 4.79 Å². The topological polar surface area (TPSA) is 40.5 Å². The molecule has 6 heteroatoms. The summed E-state index contributed by atoms with van der Waals surface area (Å²) in [6.45, 7) is 1.34. The van der Waals surface area contributed by atoms with Crippen LogP contribution in [0.2, 0.25) is 0 Å². The van der Waals surface area contributed by atoms with Crippen molar-refractivity contribution in [3.63, 3.8) is 0 Å². The van der Waals surface area contributed by atoms with Gasteiger partial charge in [-0.3, -0.25) is 0 Å². The Labute approximate surface area is 131 Å². The van der Waals surface area contributed by atoms with Gasteiger partial charge in [-0.05, 0) is 43.0 Å². The molecule has 1 N–H and O–H groups in total. The molecule has 0 saturated carbocycles. The van der Waals surface area contributed by atoms with Gasteiger partial charge in [0.05, 0.1) is 5.56 Å². The molecule has 0 spiro atoms. The van der Waals surface area contributed by atoms with Crippen LogP contribution in [0.5, 0.6) is 0 Å². The van der Waals surface area contributed by atoms with Crippen LogP contribution in [-0.2, 0) is 6.42 Å². The number of carboxylic acid groups (broad SMARTS) is 1. The zero-order chi connectivity index (χ0) is 16.6. The van der Waals surface area contributed by atoms with E-state index in [0.717, 1.165) is 29.8 Å². The molecule has 3 nitrogen and oxygen atoms in total. The Bertz CT molecular complexity index is 704. The number of nitrogens with zero attached hydrogens (tertiary/aromatic N) is 1. The first-order valence-corrected chi connectivity index (χ1v) is 7.41. The van der Waals surface area contributed by atoms with E-state index < -0.39 is 17.7 Å². The molecule has 3 rings (SSSR count). The highest BCUT2D eigenvalue weighted by molar-refractivity contribution is 5.88. The fourth-order valence-electron chi connectivity index (χ4n) is 3.06. The van der Waals surface area contributed by atoms with E-state index in [1.165, 1.54) is 6.08 Å². The first-order valence-electron chi connectivity index (χ1n) is 7.41. The fraction of sp³-hybridized carbons (Fsp3) is 0.353. The second kappa shape index (κ2) is 5.76. The Morgan fingerprint density at radius 1 is 1.17 bits per heavy atom. The molecule has 1 aliphatic carbocycles. The van der Waals surface area contributed by atoms with E-state index in [1.807, 2.05) is 0 Å². The molecule has 0 amide bonds. The Hall–Kier alpha value is -2.24. The summed E-state index contributed by atoms with van der Waals surface area (Å²) >= 11 is 0. The molecule has 0 bridgehead atoms. The average Bonchev–Trinajstić information content (AvgIpc) is 2.89. The number of allylic oxidation sites excluding steroid dienone is 3. The number of hydrogen-bond acceptors (Lipinski definition) is 2. The third-order valence-corrected chi connectivity index (χ3v) is 4.31. The van der Waals surface area contributed by atoms with Gasteiger partial charge in [0, 0.05) is 24.4 Å². The predicted molar refractivity (Wildman–Crippen MR) is 80.8 cm³/mol. The van der Waals surface area contributed by atoms with Crippen molar-refractivity contribution in [3.05, 3.63) is 52.6 Å². The predicted octanol–water partition coefficient (Wildman–Crippen LogP) is 3.96. The quantitative estimate of drug-likeness (QED) is 0.915. The van der Waals surface area contributed by atoms with E-state index >= 15 is 0 Å². The molecular formula is C17H16F3NO2. The second-order valence-corrected chi connectivity index (χ2v) is 5.83. The normalized spacial score (nSPS) is 17.6. The molecule has 0 fully saturated rings. The van der Waals surface area contributed by atoms with E-state index in [2.05, 4.69) is 4.90 Å². The van der Waals surface area contributed by atoms with Gasteiger partial charge in [0.25, 0.3) is 0 Å². The van der Waals surface area contributed by atoms with Gasteiger partial charge in [-0.15, -0.1) is 0 Å². The number of alkyl halides is 3. The number of benzene rings is 1. The molecule has 1 aromatic carbocycles. The number of aromatic carboxylic acids is 1. The number of anilines is 1. The largest absolute Gasteiger partial charge is 0.478 e. The summed E-state index contributed by atoms with van der Waals surface area (Å²) in [4.78, 5) is 13.1. The van der Waals surface area contributed by atoms with Crippen LogP contribution in [0.25, 0.3) is 0 Å². The summed E-state index contributed by atoms with van der Waals surface area (Å²) in [5.74, 6) is -0.953. The maximum absolute atomic E-state index is 12.6. The highest BCUT2D eigenvalue weighted by Crippen LogP contribution is 2.34. The molecule has 0 radical (unpaired) electrons. The maximum atomic E-state index is 12.6. The molecule has 122 valence electrons. The Balaban J connectivity index is 1.74. The molecule has 23 heavy (non-hydrogen) atoms. The molecular weight excluding hydrogens is 307 g/mol. The minimum Gasteiger partial charge on any atom is -0.478 e. The van der Waals surface area contributed by atoms with Gasteiger partial charge in [-0.2, -0.15) is 13.2 Å². The van der Waals surface area contributed by atoms with Gasteiger partial charge in [0.2, 0.25) is 0 Å². The van der Waals surface area contributed by atoms with Crippen molar-refractivity contribution >= 4 is 11.7 Å². The molecule has 0 unspecified atom stereocenters. The van der Waals surface area contributed by atoms with Crippen molar-refractivity contribution in [1.29, 1.82) is 0 Å². The standard InChI is InChI=1S/C17H16F3NO2/c18-17(19,20)14-4-1-11(2-5-14)10-21-8-7-12-9-13(16(22)23)3-6-15(12)21/h1,3-4,6,9H,2,5,7-8,10H2,(H,22,23). The van der Waals surface area contributed by atoms with Crippen molar-refractivity contribution < 1.29 is 23.1 Å². The van der Waals surface area contributed by atoms with E-state index in [9.17, 15) is 18.0 Å². The Morgan fingerprint density at radius 2 is 1.96 bits per heavy atom. The molecule has 2 aliphatic rings. The lowest BCUT2D eigenvalue weighted by Gasteiger charge is -2.24. The molecule has 0 saturated heterocycles. The number of fused-ring (bicyclic) bond motifs is 1. The third kappa shape index (κ3) is 3.25.